The summed E-state index contributed by atoms with van der Waals surface area (Å²) in [7, 11) is 0. The van der Waals surface area contributed by atoms with Crippen LogP contribution in [0.5, 0.6) is 0 Å². The van der Waals surface area contributed by atoms with Gasteiger partial charge in [0.1, 0.15) is 0 Å². The third kappa shape index (κ3) is 2.20. The topological polar surface area (TPSA) is 83.6 Å². The van der Waals surface area contributed by atoms with Crippen LogP contribution in [0.15, 0.2) is 22.7 Å². The van der Waals surface area contributed by atoms with Crippen LogP contribution in [0.2, 0.25) is 5.02 Å². The number of carbonyl (C=O) groups excluding carboxylic acids is 1. The number of carbonyl (C=O) groups is 1. The van der Waals surface area contributed by atoms with E-state index in [0.29, 0.717) is 15.1 Å². The van der Waals surface area contributed by atoms with Crippen molar-refractivity contribution >= 4 is 39.4 Å². The molecule has 0 aliphatic heterocycles. The van der Waals surface area contributed by atoms with Crippen molar-refractivity contribution in [2.24, 2.45) is 0 Å². The van der Waals surface area contributed by atoms with E-state index >= 15 is 0 Å². The fourth-order valence-corrected chi connectivity index (χ4v) is 1.64. The molecule has 0 saturated carbocycles. The second-order valence-electron chi connectivity index (χ2n) is 2.79. The molecule has 82 valence electrons. The van der Waals surface area contributed by atoms with Crippen molar-refractivity contribution in [2.75, 3.05) is 5.32 Å². The summed E-state index contributed by atoms with van der Waals surface area (Å²) < 4.78 is 0.648. The van der Waals surface area contributed by atoms with Crippen LogP contribution >= 0.6 is 27.5 Å². The smallest absolute Gasteiger partial charge is 0.270 e. The van der Waals surface area contributed by atoms with Crippen molar-refractivity contribution in [3.63, 3.8) is 0 Å². The number of nitrogens with zero attached hydrogens (tertiary/aromatic N) is 3. The molecule has 2 N–H and O–H groups in total. The minimum Gasteiger partial charge on any atom is -0.288 e. The number of anilines is 1. The Hall–Kier alpha value is -1.47. The average molecular weight is 303 g/mol. The molecule has 0 bridgehead atoms. The normalized spacial score (nSPS) is 10.1. The molecular weight excluding hydrogens is 297 g/mol. The van der Waals surface area contributed by atoms with Crippen LogP contribution in [-0.2, 0) is 0 Å². The highest BCUT2D eigenvalue weighted by Crippen LogP contribution is 2.26. The van der Waals surface area contributed by atoms with Gasteiger partial charge in [-0.1, -0.05) is 22.8 Å². The number of H-pyrrole nitrogens is 1. The lowest BCUT2D eigenvalue weighted by molar-refractivity contribution is 0.102. The SMILES string of the molecule is O=C(Nc1nn[nH]n1)c1cccc(Br)c1Cl. The lowest BCUT2D eigenvalue weighted by atomic mass is 10.2. The maximum atomic E-state index is 11.7. The van der Waals surface area contributed by atoms with Crippen molar-refractivity contribution in [3.8, 4) is 0 Å². The standard InChI is InChI=1S/C8H5BrClN5O/c9-5-3-1-2-4(6(5)10)7(16)11-8-12-14-15-13-8/h1-3H,(H2,11,12,13,14,15,16). The number of nitrogens with one attached hydrogen (secondary N) is 2. The maximum absolute atomic E-state index is 11.7. The number of aromatic nitrogens is 4. The average Bonchev–Trinajstić information content (AvgIpc) is 2.74. The van der Waals surface area contributed by atoms with Gasteiger partial charge in [-0.15, -0.1) is 5.10 Å². The summed E-state index contributed by atoms with van der Waals surface area (Å²) in [6.45, 7) is 0. The number of amides is 1. The molecule has 1 heterocycles. The van der Waals surface area contributed by atoms with E-state index < -0.39 is 5.91 Å². The molecule has 0 radical (unpaired) electrons. The molecule has 1 aromatic heterocycles. The van der Waals surface area contributed by atoms with Crippen molar-refractivity contribution < 1.29 is 4.79 Å². The molecule has 16 heavy (non-hydrogen) atoms. The van der Waals surface area contributed by atoms with Crippen molar-refractivity contribution in [3.05, 3.63) is 33.3 Å². The third-order valence-electron chi connectivity index (χ3n) is 1.77. The van der Waals surface area contributed by atoms with Gasteiger partial charge in [0.05, 0.1) is 10.6 Å². The Labute approximate surface area is 104 Å². The molecule has 0 aliphatic rings. The maximum Gasteiger partial charge on any atom is 0.270 e. The quantitative estimate of drug-likeness (QED) is 0.887. The van der Waals surface area contributed by atoms with E-state index in [1.807, 2.05) is 0 Å². The Morgan fingerprint density at radius 3 is 3.00 bits per heavy atom. The van der Waals surface area contributed by atoms with E-state index in [9.17, 15) is 4.79 Å². The van der Waals surface area contributed by atoms with Gasteiger partial charge in [-0.05, 0) is 33.3 Å². The highest BCUT2D eigenvalue weighted by Gasteiger charge is 2.13. The van der Waals surface area contributed by atoms with Crippen molar-refractivity contribution in [1.29, 1.82) is 0 Å². The van der Waals surface area contributed by atoms with E-state index in [4.69, 9.17) is 11.6 Å². The molecule has 1 amide bonds. The predicted molar refractivity (Wildman–Crippen MR) is 61.3 cm³/mol. The van der Waals surface area contributed by atoms with Gasteiger partial charge in [0, 0.05) is 4.47 Å². The molecular formula is C8H5BrClN5O. The summed E-state index contributed by atoms with van der Waals surface area (Å²) in [6, 6.07) is 5.05. The number of hydrogen-bond donors (Lipinski definition) is 2. The number of halogens is 2. The monoisotopic (exact) mass is 301 g/mol. The molecule has 0 saturated heterocycles. The fourth-order valence-electron chi connectivity index (χ4n) is 1.06. The number of benzene rings is 1. The molecule has 0 unspecified atom stereocenters. The zero-order valence-electron chi connectivity index (χ0n) is 7.74. The molecule has 6 nitrogen and oxygen atoms in total. The molecule has 0 fully saturated rings. The minimum atomic E-state index is -0.396. The van der Waals surface area contributed by atoms with E-state index in [1.54, 1.807) is 18.2 Å². The van der Waals surface area contributed by atoms with E-state index in [-0.39, 0.29) is 5.95 Å². The first-order valence-corrected chi connectivity index (χ1v) is 5.34. The Morgan fingerprint density at radius 2 is 2.31 bits per heavy atom. The van der Waals surface area contributed by atoms with Gasteiger partial charge in [0.15, 0.2) is 0 Å². The van der Waals surface area contributed by atoms with Crippen LogP contribution in [0.3, 0.4) is 0 Å². The highest BCUT2D eigenvalue weighted by atomic mass is 79.9. The lowest BCUT2D eigenvalue weighted by Gasteiger charge is -2.04. The molecule has 8 heteroatoms. The first-order chi connectivity index (χ1) is 7.68. The number of aromatic amines is 1. The molecule has 1 aromatic carbocycles. The second kappa shape index (κ2) is 4.58. The van der Waals surface area contributed by atoms with Crippen LogP contribution in [0.4, 0.5) is 5.95 Å². The first kappa shape index (κ1) is 11.0. The summed E-state index contributed by atoms with van der Waals surface area (Å²) in [5.41, 5.74) is 0.334. The van der Waals surface area contributed by atoms with Gasteiger partial charge < -0.3 is 0 Å². The Bertz CT molecular complexity index is 515. The van der Waals surface area contributed by atoms with Gasteiger partial charge in [0.2, 0.25) is 0 Å². The van der Waals surface area contributed by atoms with Crippen LogP contribution in [0.1, 0.15) is 10.4 Å². The van der Waals surface area contributed by atoms with E-state index in [1.165, 1.54) is 0 Å². The van der Waals surface area contributed by atoms with Crippen molar-refractivity contribution in [1.82, 2.24) is 20.6 Å². The van der Waals surface area contributed by atoms with Gasteiger partial charge in [0.25, 0.3) is 11.9 Å². The number of tetrazole rings is 1. The van der Waals surface area contributed by atoms with Crippen LogP contribution in [-0.4, -0.2) is 26.5 Å². The molecule has 2 rings (SSSR count). The van der Waals surface area contributed by atoms with Gasteiger partial charge >= 0.3 is 0 Å². The zero-order chi connectivity index (χ0) is 11.5. The lowest BCUT2D eigenvalue weighted by Crippen LogP contribution is -2.13. The second-order valence-corrected chi connectivity index (χ2v) is 4.02. The van der Waals surface area contributed by atoms with Crippen LogP contribution in [0.25, 0.3) is 0 Å². The molecule has 0 spiro atoms. The van der Waals surface area contributed by atoms with Crippen molar-refractivity contribution in [2.45, 2.75) is 0 Å². The molecule has 2 aromatic rings. The van der Waals surface area contributed by atoms with E-state index in [2.05, 4.69) is 41.9 Å². The van der Waals surface area contributed by atoms with Gasteiger partial charge in [-0.2, -0.15) is 5.21 Å². The first-order valence-electron chi connectivity index (χ1n) is 4.17. The van der Waals surface area contributed by atoms with Gasteiger partial charge in [-0.25, -0.2) is 0 Å². The van der Waals surface area contributed by atoms with Crippen LogP contribution in [0, 0.1) is 0 Å². The van der Waals surface area contributed by atoms with Gasteiger partial charge in [-0.3, -0.25) is 10.1 Å². The number of rotatable bonds is 2. The highest BCUT2D eigenvalue weighted by molar-refractivity contribution is 9.10. The summed E-state index contributed by atoms with van der Waals surface area (Å²) >= 11 is 9.19. The largest absolute Gasteiger partial charge is 0.288 e. The third-order valence-corrected chi connectivity index (χ3v) is 3.06. The fraction of sp³-hybridized carbons (Fsp3) is 0. The predicted octanol–water partition coefficient (Wildman–Crippen LogP) is 1.87. The number of hydrogen-bond acceptors (Lipinski definition) is 4. The Kier molecular flexibility index (Phi) is 3.16. The molecule has 0 atom stereocenters. The Balaban J connectivity index is 2.24. The zero-order valence-corrected chi connectivity index (χ0v) is 10.1. The van der Waals surface area contributed by atoms with E-state index in [0.717, 1.165) is 0 Å². The summed E-state index contributed by atoms with van der Waals surface area (Å²) in [5.74, 6) is -0.297. The Morgan fingerprint density at radius 1 is 1.50 bits per heavy atom. The summed E-state index contributed by atoms with van der Waals surface area (Å²) in [5, 5.41) is 15.5. The molecule has 0 aliphatic carbocycles. The summed E-state index contributed by atoms with van der Waals surface area (Å²) in [4.78, 5) is 11.7. The summed E-state index contributed by atoms with van der Waals surface area (Å²) in [6.07, 6.45) is 0. The minimum absolute atomic E-state index is 0.0982. The van der Waals surface area contributed by atoms with Crippen LogP contribution < -0.4 is 5.32 Å².